The molecule has 0 spiro atoms. The summed E-state index contributed by atoms with van der Waals surface area (Å²) in [6.07, 6.45) is 0. The van der Waals surface area contributed by atoms with Crippen molar-refractivity contribution in [2.24, 2.45) is 0 Å². The number of aromatic nitrogens is 3. The maximum Gasteiger partial charge on any atom is 0.164 e. The second kappa shape index (κ2) is 14.8. The van der Waals surface area contributed by atoms with Gasteiger partial charge in [-0.05, 0) is 89.7 Å². The summed E-state index contributed by atoms with van der Waals surface area (Å²) >= 11 is 0. The fourth-order valence-corrected chi connectivity index (χ4v) is 9.16. The number of nitrogens with zero attached hydrogens (tertiary/aromatic N) is 3. The van der Waals surface area contributed by atoms with Gasteiger partial charge in [-0.25, -0.2) is 15.0 Å². The molecule has 61 heavy (non-hydrogen) atoms. The lowest BCUT2D eigenvalue weighted by Gasteiger charge is -2.22. The topological polar surface area (TPSA) is 38.7 Å². The molecule has 0 N–H and O–H groups in total. The van der Waals surface area contributed by atoms with Crippen molar-refractivity contribution in [3.05, 3.63) is 223 Å². The van der Waals surface area contributed by atoms with E-state index in [0.717, 1.165) is 33.4 Å². The fraction of sp³-hybridized carbons (Fsp3) is 0.0517. The summed E-state index contributed by atoms with van der Waals surface area (Å²) in [7, 11) is 0. The molecule has 0 saturated heterocycles. The predicted octanol–water partition coefficient (Wildman–Crippen LogP) is 15.0. The first-order valence-electron chi connectivity index (χ1n) is 20.9. The second-order valence-corrected chi connectivity index (χ2v) is 16.4. The van der Waals surface area contributed by atoms with Crippen LogP contribution in [0.1, 0.15) is 25.0 Å². The molecule has 0 atom stereocenters. The normalized spacial score (nSPS) is 12.6. The minimum atomic E-state index is -0.0304. The van der Waals surface area contributed by atoms with Crippen molar-refractivity contribution in [3.8, 4) is 89.8 Å². The van der Waals surface area contributed by atoms with Crippen LogP contribution in [0.2, 0.25) is 0 Å². The van der Waals surface area contributed by atoms with Crippen LogP contribution in [-0.4, -0.2) is 15.0 Å². The molecular weight excluding hydrogens is 739 g/mol. The zero-order chi connectivity index (χ0) is 40.9. The molecule has 1 aliphatic carbocycles. The summed E-state index contributed by atoms with van der Waals surface area (Å²) in [6.45, 7) is 4.68. The molecule has 0 aliphatic heterocycles. The van der Waals surface area contributed by atoms with Crippen molar-refractivity contribution in [1.82, 2.24) is 15.0 Å². The third-order valence-corrected chi connectivity index (χ3v) is 12.4. The smallest absolute Gasteiger partial charge is 0.164 e. The Morgan fingerprint density at radius 1 is 0.262 bits per heavy atom. The highest BCUT2D eigenvalue weighted by atomic mass is 15.0. The Hall–Kier alpha value is -7.75. The van der Waals surface area contributed by atoms with E-state index in [2.05, 4.69) is 190 Å². The lowest BCUT2D eigenvalue weighted by atomic mass is 9.81. The molecule has 0 bridgehead atoms. The van der Waals surface area contributed by atoms with Crippen LogP contribution in [0.3, 0.4) is 0 Å². The number of rotatable bonds is 7. The van der Waals surface area contributed by atoms with Crippen molar-refractivity contribution < 1.29 is 0 Å². The quantitative estimate of drug-likeness (QED) is 0.162. The van der Waals surface area contributed by atoms with Gasteiger partial charge in [0.05, 0.1) is 0 Å². The maximum absolute atomic E-state index is 5.09. The van der Waals surface area contributed by atoms with Gasteiger partial charge in [0.15, 0.2) is 17.5 Å². The summed E-state index contributed by atoms with van der Waals surface area (Å²) < 4.78 is 0. The summed E-state index contributed by atoms with van der Waals surface area (Å²) in [5.74, 6) is 1.92. The second-order valence-electron chi connectivity index (χ2n) is 16.4. The van der Waals surface area contributed by atoms with Crippen molar-refractivity contribution >= 4 is 10.8 Å². The third kappa shape index (κ3) is 6.52. The molecule has 1 aliphatic rings. The Kier molecular flexibility index (Phi) is 8.82. The van der Waals surface area contributed by atoms with Gasteiger partial charge in [-0.15, -0.1) is 0 Å². The van der Waals surface area contributed by atoms with Crippen LogP contribution >= 0.6 is 0 Å². The van der Waals surface area contributed by atoms with Crippen LogP contribution in [0.15, 0.2) is 212 Å². The molecule has 0 unspecified atom stereocenters. The maximum atomic E-state index is 5.09. The van der Waals surface area contributed by atoms with E-state index in [1.165, 1.54) is 60.8 Å². The Morgan fingerprint density at radius 2 is 0.672 bits per heavy atom. The Bertz CT molecular complexity index is 3240. The van der Waals surface area contributed by atoms with Gasteiger partial charge in [-0.3, -0.25) is 0 Å². The van der Waals surface area contributed by atoms with E-state index in [-0.39, 0.29) is 5.41 Å². The lowest BCUT2D eigenvalue weighted by molar-refractivity contribution is 0.660. The number of benzene rings is 9. The van der Waals surface area contributed by atoms with Crippen LogP contribution in [0, 0.1) is 0 Å². The van der Waals surface area contributed by atoms with Crippen LogP contribution in [-0.2, 0) is 5.41 Å². The van der Waals surface area contributed by atoms with Crippen molar-refractivity contribution in [2.45, 2.75) is 19.3 Å². The van der Waals surface area contributed by atoms with Crippen LogP contribution < -0.4 is 0 Å². The highest BCUT2D eigenvalue weighted by molar-refractivity contribution is 6.04. The summed E-state index contributed by atoms with van der Waals surface area (Å²) in [5, 5.41) is 2.41. The largest absolute Gasteiger partial charge is 0.208 e. The first-order valence-corrected chi connectivity index (χ1v) is 20.9. The van der Waals surface area contributed by atoms with Gasteiger partial charge in [0.1, 0.15) is 0 Å². The predicted molar refractivity (Wildman–Crippen MR) is 253 cm³/mol. The molecule has 11 rings (SSSR count). The van der Waals surface area contributed by atoms with Gasteiger partial charge in [0, 0.05) is 22.1 Å². The molecule has 1 aromatic heterocycles. The molecule has 10 aromatic rings. The molecular formula is C58H41N3. The molecule has 288 valence electrons. The van der Waals surface area contributed by atoms with Crippen molar-refractivity contribution in [1.29, 1.82) is 0 Å². The van der Waals surface area contributed by atoms with Gasteiger partial charge in [0.2, 0.25) is 0 Å². The van der Waals surface area contributed by atoms with Gasteiger partial charge in [-0.1, -0.05) is 214 Å². The Morgan fingerprint density at radius 3 is 1.34 bits per heavy atom. The summed E-state index contributed by atoms with van der Waals surface area (Å²) in [5.41, 5.74) is 17.7. The molecule has 0 saturated carbocycles. The van der Waals surface area contributed by atoms with Gasteiger partial charge in [-0.2, -0.15) is 0 Å². The number of hydrogen-bond donors (Lipinski definition) is 0. The van der Waals surface area contributed by atoms with Gasteiger partial charge >= 0.3 is 0 Å². The highest BCUT2D eigenvalue weighted by Crippen LogP contribution is 2.49. The zero-order valence-corrected chi connectivity index (χ0v) is 34.0. The van der Waals surface area contributed by atoms with Gasteiger partial charge < -0.3 is 0 Å². The van der Waals surface area contributed by atoms with E-state index in [4.69, 9.17) is 15.0 Å². The first-order chi connectivity index (χ1) is 30.0. The molecule has 0 fully saturated rings. The zero-order valence-electron chi connectivity index (χ0n) is 34.0. The lowest BCUT2D eigenvalue weighted by Crippen LogP contribution is -2.14. The Labute approximate surface area is 356 Å². The third-order valence-electron chi connectivity index (χ3n) is 12.4. The first kappa shape index (κ1) is 36.3. The van der Waals surface area contributed by atoms with Crippen LogP contribution in [0.5, 0.6) is 0 Å². The fourth-order valence-electron chi connectivity index (χ4n) is 9.16. The number of fused-ring (bicyclic) bond motifs is 4. The Balaban J connectivity index is 0.934. The van der Waals surface area contributed by atoms with E-state index in [1.54, 1.807) is 0 Å². The van der Waals surface area contributed by atoms with E-state index in [9.17, 15) is 0 Å². The van der Waals surface area contributed by atoms with Gasteiger partial charge in [0.25, 0.3) is 0 Å². The molecule has 1 heterocycles. The van der Waals surface area contributed by atoms with Crippen molar-refractivity contribution in [2.75, 3.05) is 0 Å². The van der Waals surface area contributed by atoms with Crippen LogP contribution in [0.4, 0.5) is 0 Å². The average Bonchev–Trinajstić information content (AvgIpc) is 3.56. The monoisotopic (exact) mass is 779 g/mol. The van der Waals surface area contributed by atoms with Crippen molar-refractivity contribution in [3.63, 3.8) is 0 Å². The number of hydrogen-bond acceptors (Lipinski definition) is 3. The molecule has 3 heteroatoms. The summed E-state index contributed by atoms with van der Waals surface area (Å²) in [4.78, 5) is 15.1. The van der Waals surface area contributed by atoms with E-state index < -0.39 is 0 Å². The van der Waals surface area contributed by atoms with E-state index >= 15 is 0 Å². The van der Waals surface area contributed by atoms with E-state index in [1.807, 2.05) is 36.4 Å². The average molecular weight is 780 g/mol. The minimum absolute atomic E-state index is 0.0304. The summed E-state index contributed by atoms with van der Waals surface area (Å²) in [6, 6.07) is 75.7. The van der Waals surface area contributed by atoms with E-state index in [0.29, 0.717) is 17.5 Å². The molecule has 0 amide bonds. The minimum Gasteiger partial charge on any atom is -0.208 e. The highest BCUT2D eigenvalue weighted by Gasteiger charge is 2.35. The molecule has 9 aromatic carbocycles. The molecule has 0 radical (unpaired) electrons. The standard InChI is InChI=1S/C58H41N3/c1-58(2)53-25-10-9-20-51(53)52-35-34-44(37-54(52)58)40-26-30-41(31-27-40)47-21-12-24-50-48(22-13-23-49(47)50)45-18-11-19-46(36-45)57-60-55(42-16-7-4-8-17-42)59-56(61-57)43-32-28-39(29-33-43)38-14-5-3-6-15-38/h3-37H,1-2H3. The SMILES string of the molecule is CC1(C)c2ccccc2-c2ccc(-c3ccc(-c4cccc5c(-c6cccc(-c7nc(-c8ccccc8)nc(-c8ccc(-c9ccccc9)cc8)n7)c6)cccc45)cc3)cc21. The molecule has 3 nitrogen and oxygen atoms in total. The van der Waals surface area contributed by atoms with Crippen LogP contribution in [0.25, 0.3) is 101 Å².